The zero-order valence-electron chi connectivity index (χ0n) is 63.6. The van der Waals surface area contributed by atoms with Crippen molar-refractivity contribution >= 4 is 101 Å². The zero-order valence-corrected chi connectivity index (χ0v) is 52.6. The first kappa shape index (κ1) is 43.8. The Bertz CT molecular complexity index is 6020. The summed E-state index contributed by atoms with van der Waals surface area (Å²) < 4.78 is 131. The van der Waals surface area contributed by atoms with Crippen molar-refractivity contribution in [2.24, 2.45) is 0 Å². The Hall–Kier alpha value is -11.8. The van der Waals surface area contributed by atoms with Crippen molar-refractivity contribution in [2.75, 3.05) is 0 Å². The van der Waals surface area contributed by atoms with Crippen LogP contribution in [-0.4, -0.2) is 35.2 Å². The van der Waals surface area contributed by atoms with E-state index in [1.807, 2.05) is 206 Å². The zero-order chi connectivity index (χ0) is 73.7. The van der Waals surface area contributed by atoms with Crippen molar-refractivity contribution in [2.45, 2.75) is 0 Å². The fourth-order valence-corrected chi connectivity index (χ4v) is 23.5. The van der Waals surface area contributed by atoms with Gasteiger partial charge in [-0.05, 0) is 105 Å². The molecule has 0 spiro atoms. The van der Waals surface area contributed by atoms with Gasteiger partial charge < -0.3 is 0 Å². The summed E-state index contributed by atoms with van der Waals surface area (Å²) in [5, 5.41) is 8.23. The van der Waals surface area contributed by atoms with Gasteiger partial charge in [0, 0.05) is 33.2 Å². The first-order chi connectivity index (χ1) is 52.0. The van der Waals surface area contributed by atoms with Gasteiger partial charge in [-0.25, -0.2) is 9.97 Å². The van der Waals surface area contributed by atoms with E-state index in [2.05, 4.69) is 75.9 Å². The van der Waals surface area contributed by atoms with Crippen LogP contribution in [0.2, 0.25) is 0 Å². The molecule has 0 N–H and O–H groups in total. The maximum atomic E-state index is 12.0. The quantitative estimate of drug-likeness (QED) is 0.0803. The summed E-state index contributed by atoms with van der Waals surface area (Å²) in [6, 6.07) is 91.2. The molecule has 0 fully saturated rings. The van der Waals surface area contributed by atoms with Crippen LogP contribution in [0.1, 0.15) is 17.8 Å². The van der Waals surface area contributed by atoms with Crippen LogP contribution in [-0.2, 0) is 0 Å². The summed E-state index contributed by atoms with van der Waals surface area (Å²) in [6.45, 7) is 0. The van der Waals surface area contributed by atoms with Gasteiger partial charge in [0.15, 0.2) is 22.0 Å². The topological polar surface area (TPSA) is 35.6 Å². The van der Waals surface area contributed by atoms with Crippen LogP contribution in [0.5, 0.6) is 0 Å². The molecule has 0 saturated carbocycles. The third-order valence-electron chi connectivity index (χ3n) is 18.2. The number of hydrogen-bond donors (Lipinski definition) is 0. The fraction of sp³-hybridized carbons (Fsp3) is 0. The highest BCUT2D eigenvalue weighted by Crippen LogP contribution is 2.38. The predicted octanol–water partition coefficient (Wildman–Crippen LogP) is 16.1. The molecule has 0 radical (unpaired) electrons. The Balaban J connectivity index is 1.10. The molecule has 17 aromatic rings. The van der Waals surface area contributed by atoms with Crippen molar-refractivity contribution < 1.29 is 17.8 Å². The minimum atomic E-state index is -4.50. The van der Waals surface area contributed by atoms with Crippen molar-refractivity contribution in [1.29, 1.82) is 0 Å². The lowest BCUT2D eigenvalue weighted by atomic mass is 10.0. The normalized spacial score (nSPS) is 13.8. The van der Waals surface area contributed by atoms with E-state index in [-0.39, 0.29) is 51.0 Å². The summed E-state index contributed by atoms with van der Waals surface area (Å²) >= 11 is 0. The first-order valence-electron chi connectivity index (χ1n) is 37.7. The number of fused-ring (bicyclic) bond motifs is 6. The lowest BCUT2D eigenvalue weighted by Crippen LogP contribution is -2.78. The number of nitrogens with zero attached hydrogens (tertiary/aromatic N) is 4. The molecule has 4 nitrogen and oxygen atoms in total. The van der Waals surface area contributed by atoms with Gasteiger partial charge in [-0.3, -0.25) is 9.13 Å². The van der Waals surface area contributed by atoms with Crippen LogP contribution in [0, 0.1) is 0 Å². The van der Waals surface area contributed by atoms with Crippen LogP contribution < -0.4 is 41.5 Å². The monoisotopic (exact) mass is 1240 g/mol. The number of hydrogen-bond acceptors (Lipinski definition) is 2. The second-order valence-corrected chi connectivity index (χ2v) is 30.8. The molecule has 17 rings (SSSR count). The van der Waals surface area contributed by atoms with Crippen LogP contribution in [0.15, 0.2) is 376 Å². The van der Waals surface area contributed by atoms with E-state index in [0.29, 0.717) is 53.9 Å². The first-order valence-corrected chi connectivity index (χ1v) is 35.2. The highest BCUT2D eigenvalue weighted by molar-refractivity contribution is 7.22. The van der Waals surface area contributed by atoms with Crippen LogP contribution >= 0.6 is 0 Å². The van der Waals surface area contributed by atoms with Crippen LogP contribution in [0.25, 0.3) is 100 Å². The molecule has 0 unspecified atom stereocenters. The summed E-state index contributed by atoms with van der Waals surface area (Å²) in [5.74, 6) is 0.801. The Morgan fingerprint density at radius 3 is 1.00 bits per heavy atom. The van der Waals surface area contributed by atoms with Gasteiger partial charge in [0.25, 0.3) is 0 Å². The lowest BCUT2D eigenvalue weighted by molar-refractivity contribution is 0.994. The van der Waals surface area contributed by atoms with Crippen molar-refractivity contribution in [1.82, 2.24) is 19.1 Å². The molecule has 442 valence electrons. The van der Waals surface area contributed by atoms with Gasteiger partial charge in [-0.1, -0.05) is 339 Å². The SMILES string of the molecule is [2H]c1c([2H])c([2H])c(-c2cccc([Si](c3ccccc3)(c3ccccc3)c3c([2H])c(-c4nc(-n5c6ccccc6c6ccccc65)cc(-n5c6ccccc6c6cc(-c7ccccc7)ccc65)n4)c([2H])c([Si](c4ccccc4)(c4ccccc4)c4cccc(-c5c([2H])c([2H])c([2H])c([2H])c5[2H])c4)c3[2H])c2)c([2H])c1[2H]. The lowest BCUT2D eigenvalue weighted by Gasteiger charge is -2.38. The van der Waals surface area contributed by atoms with Gasteiger partial charge in [-0.15, -0.1) is 0 Å². The van der Waals surface area contributed by atoms with Crippen LogP contribution in [0.4, 0.5) is 0 Å². The largest absolute Gasteiger partial charge is 0.294 e. The van der Waals surface area contributed by atoms with Gasteiger partial charge in [0.1, 0.15) is 11.6 Å². The molecular weight excluding hydrogens is 1170 g/mol. The molecule has 6 heteroatoms. The Morgan fingerprint density at radius 2 is 0.574 bits per heavy atom. The molecule has 3 heterocycles. The molecule has 0 aliphatic carbocycles. The molecule has 0 bridgehead atoms. The predicted molar refractivity (Wildman–Crippen MR) is 400 cm³/mol. The number of aromatic nitrogens is 4. The minimum Gasteiger partial charge on any atom is -0.294 e. The van der Waals surface area contributed by atoms with Crippen molar-refractivity contribution in [3.8, 4) is 56.4 Å². The standard InChI is InChI=1S/C88H62N4Si2/c1-8-30-63(31-9-1)66-36-28-46-74(56-66)93(70-38-14-4-15-39-70,71-40-16-5-17-41-71)76-58-69(59-77(61-76)94(72-42-18-6-19-43-72,73-44-20-7-21-45-73)75-47-29-37-67(57-75)64-32-10-2-11-33-64)88-89-86(91-82-51-25-22-48-78(82)79-49-23-26-52-83(79)91)62-87(90-88)92-84-53-27-24-50-80(84)81-60-68(54-55-85(81)92)65-34-12-3-13-35-65/h1-62H/i1D,2D,8D,9D,10D,11D,30D,31D,32D,33D,58D,59D,61D. The Labute approximate surface area is 567 Å². The molecular formula is C88H62N4Si2. The van der Waals surface area contributed by atoms with E-state index in [1.54, 1.807) is 24.3 Å². The maximum absolute atomic E-state index is 12.0. The highest BCUT2D eigenvalue weighted by atomic mass is 28.3. The Morgan fingerprint density at radius 1 is 0.234 bits per heavy atom. The van der Waals surface area contributed by atoms with Crippen molar-refractivity contribution in [3.63, 3.8) is 0 Å². The van der Waals surface area contributed by atoms with Crippen LogP contribution in [0.3, 0.4) is 0 Å². The molecule has 94 heavy (non-hydrogen) atoms. The van der Waals surface area contributed by atoms with Gasteiger partial charge in [0.05, 0.1) is 39.9 Å². The third-order valence-corrected chi connectivity index (χ3v) is 27.4. The maximum Gasteiger partial charge on any atom is 0.179 e. The fourth-order valence-electron chi connectivity index (χ4n) is 14.1. The summed E-state index contributed by atoms with van der Waals surface area (Å²) in [4.78, 5) is 11.6. The average Bonchev–Trinajstić information content (AvgIpc) is 1.41. The molecule has 0 aliphatic heterocycles. The number of benzene rings is 14. The Kier molecular flexibility index (Phi) is 11.1. The second kappa shape index (κ2) is 23.8. The van der Waals surface area contributed by atoms with E-state index < -0.39 is 76.6 Å². The molecule has 0 atom stereocenters. The summed E-state index contributed by atoms with van der Waals surface area (Å²) in [7, 11) is -9.00. The summed E-state index contributed by atoms with van der Waals surface area (Å²) in [5.41, 5.74) is 5.86. The number of rotatable bonds is 14. The average molecular weight is 1240 g/mol. The van der Waals surface area contributed by atoms with E-state index >= 15 is 0 Å². The highest BCUT2D eigenvalue weighted by Gasteiger charge is 2.46. The van der Waals surface area contributed by atoms with Gasteiger partial charge in [0.2, 0.25) is 0 Å². The van der Waals surface area contributed by atoms with Gasteiger partial charge in [-0.2, -0.15) is 0 Å². The molecule has 0 aliphatic rings. The van der Waals surface area contributed by atoms with Gasteiger partial charge >= 0.3 is 0 Å². The van der Waals surface area contributed by atoms with E-state index in [4.69, 9.17) is 18.2 Å². The molecule has 14 aromatic carbocycles. The molecule has 0 amide bonds. The van der Waals surface area contributed by atoms with E-state index in [1.165, 1.54) is 0 Å². The second-order valence-electron chi connectivity index (χ2n) is 23.4. The van der Waals surface area contributed by atoms with Crippen molar-refractivity contribution in [3.05, 3.63) is 376 Å². The van der Waals surface area contributed by atoms with E-state index in [9.17, 15) is 9.60 Å². The smallest absolute Gasteiger partial charge is 0.179 e. The molecule has 0 saturated heterocycles. The number of para-hydroxylation sites is 3. The minimum absolute atomic E-state index is 0.0157. The summed E-state index contributed by atoms with van der Waals surface area (Å²) in [6.07, 6.45) is 0. The van der Waals surface area contributed by atoms with E-state index in [0.717, 1.165) is 54.7 Å². The third kappa shape index (κ3) is 9.49. The molecule has 3 aromatic heterocycles.